The van der Waals surface area contributed by atoms with Gasteiger partial charge in [0.2, 0.25) is 0 Å². The van der Waals surface area contributed by atoms with Crippen molar-refractivity contribution >= 4 is 17.8 Å². The Morgan fingerprint density at radius 3 is 2.55 bits per heavy atom. The van der Waals surface area contributed by atoms with Gasteiger partial charge in [-0.3, -0.25) is 9.48 Å². The Morgan fingerprint density at radius 2 is 2.00 bits per heavy atom. The molecule has 0 unspecified atom stereocenters. The van der Waals surface area contributed by atoms with Gasteiger partial charge in [-0.15, -0.1) is 0 Å². The third kappa shape index (κ3) is 3.23. The lowest BCUT2D eigenvalue weighted by atomic mass is 10.2. The highest BCUT2D eigenvalue weighted by atomic mass is 16.2. The average Bonchev–Trinajstić information content (AvgIpc) is 2.85. The molecule has 1 N–H and O–H groups in total. The van der Waals surface area contributed by atoms with Gasteiger partial charge in [0.25, 0.3) is 5.91 Å². The standard InChI is InChI=1S/C14H17N5O/c1-18(2)12-6-4-11(5-7-12)10-15-17-14(20)13-8-9-16-19(13)3/h4-10H,1-3H3,(H,17,20). The molecule has 2 rings (SSSR count). The predicted molar refractivity (Wildman–Crippen MR) is 79.0 cm³/mol. The fourth-order valence-corrected chi connectivity index (χ4v) is 1.68. The number of amides is 1. The van der Waals surface area contributed by atoms with Crippen molar-refractivity contribution in [3.05, 3.63) is 47.8 Å². The van der Waals surface area contributed by atoms with Crippen molar-refractivity contribution in [1.82, 2.24) is 15.2 Å². The van der Waals surface area contributed by atoms with Crippen LogP contribution in [0.2, 0.25) is 0 Å². The number of aryl methyl sites for hydroxylation is 1. The monoisotopic (exact) mass is 271 g/mol. The van der Waals surface area contributed by atoms with Crippen LogP contribution in [0.25, 0.3) is 0 Å². The minimum absolute atomic E-state index is 0.286. The number of hydrogen-bond acceptors (Lipinski definition) is 4. The number of rotatable bonds is 4. The van der Waals surface area contributed by atoms with Gasteiger partial charge in [0, 0.05) is 33.0 Å². The molecule has 6 nitrogen and oxygen atoms in total. The summed E-state index contributed by atoms with van der Waals surface area (Å²) in [6.45, 7) is 0. The van der Waals surface area contributed by atoms with E-state index in [-0.39, 0.29) is 5.91 Å². The first-order chi connectivity index (χ1) is 9.58. The number of nitrogens with one attached hydrogen (secondary N) is 1. The zero-order chi connectivity index (χ0) is 14.5. The van der Waals surface area contributed by atoms with Gasteiger partial charge >= 0.3 is 0 Å². The molecule has 0 fully saturated rings. The fraction of sp³-hybridized carbons (Fsp3) is 0.214. The highest BCUT2D eigenvalue weighted by molar-refractivity contribution is 5.93. The Hall–Kier alpha value is -2.63. The second-order valence-corrected chi connectivity index (χ2v) is 4.53. The van der Waals surface area contributed by atoms with Gasteiger partial charge in [0.1, 0.15) is 5.69 Å². The summed E-state index contributed by atoms with van der Waals surface area (Å²) in [5, 5.41) is 7.86. The van der Waals surface area contributed by atoms with Gasteiger partial charge in [-0.05, 0) is 23.8 Å². The van der Waals surface area contributed by atoms with E-state index in [9.17, 15) is 4.79 Å². The van der Waals surface area contributed by atoms with Crippen LogP contribution in [0.15, 0.2) is 41.6 Å². The number of benzene rings is 1. The number of carbonyl (C=O) groups excluding carboxylic acids is 1. The van der Waals surface area contributed by atoms with Crippen LogP contribution in [0.1, 0.15) is 16.1 Å². The van der Waals surface area contributed by atoms with E-state index < -0.39 is 0 Å². The van der Waals surface area contributed by atoms with Crippen molar-refractivity contribution in [2.45, 2.75) is 0 Å². The van der Waals surface area contributed by atoms with E-state index >= 15 is 0 Å². The third-order valence-electron chi connectivity index (χ3n) is 2.84. The van der Waals surface area contributed by atoms with E-state index in [1.54, 1.807) is 25.5 Å². The lowest BCUT2D eigenvalue weighted by molar-refractivity contribution is 0.0945. The Morgan fingerprint density at radius 1 is 1.30 bits per heavy atom. The summed E-state index contributed by atoms with van der Waals surface area (Å²) in [5.41, 5.74) is 4.96. The number of nitrogens with zero attached hydrogens (tertiary/aromatic N) is 4. The van der Waals surface area contributed by atoms with Crippen molar-refractivity contribution in [3.8, 4) is 0 Å². The SMILES string of the molecule is CN(C)c1ccc(C=NNC(=O)c2ccnn2C)cc1. The summed E-state index contributed by atoms with van der Waals surface area (Å²) < 4.78 is 1.50. The average molecular weight is 271 g/mol. The van der Waals surface area contributed by atoms with Gasteiger partial charge < -0.3 is 4.90 Å². The first kappa shape index (κ1) is 13.8. The van der Waals surface area contributed by atoms with Gasteiger partial charge in [-0.1, -0.05) is 12.1 Å². The van der Waals surface area contributed by atoms with E-state index in [1.165, 1.54) is 4.68 Å². The second-order valence-electron chi connectivity index (χ2n) is 4.53. The molecule has 104 valence electrons. The predicted octanol–water partition coefficient (Wildman–Crippen LogP) is 1.25. The van der Waals surface area contributed by atoms with Crippen molar-refractivity contribution in [2.75, 3.05) is 19.0 Å². The molecular formula is C14H17N5O. The van der Waals surface area contributed by atoms with Gasteiger partial charge in [0.05, 0.1) is 6.21 Å². The molecule has 0 aliphatic heterocycles. The normalized spacial score (nSPS) is 10.8. The summed E-state index contributed by atoms with van der Waals surface area (Å²) in [7, 11) is 5.67. The number of hydrogen-bond donors (Lipinski definition) is 1. The van der Waals surface area contributed by atoms with Crippen molar-refractivity contribution in [2.24, 2.45) is 12.1 Å². The quantitative estimate of drug-likeness (QED) is 0.672. The van der Waals surface area contributed by atoms with Gasteiger partial charge in [0.15, 0.2) is 0 Å². The molecule has 0 aliphatic rings. The zero-order valence-corrected chi connectivity index (χ0v) is 11.7. The molecule has 1 amide bonds. The number of aromatic nitrogens is 2. The van der Waals surface area contributed by atoms with Crippen LogP contribution >= 0.6 is 0 Å². The van der Waals surface area contributed by atoms with Crippen LogP contribution in [-0.4, -0.2) is 36.0 Å². The maximum atomic E-state index is 11.8. The van der Waals surface area contributed by atoms with E-state index in [2.05, 4.69) is 15.6 Å². The Bertz CT molecular complexity index is 613. The minimum atomic E-state index is -0.286. The molecule has 0 saturated carbocycles. The first-order valence-corrected chi connectivity index (χ1v) is 6.17. The van der Waals surface area contributed by atoms with Crippen LogP contribution in [-0.2, 0) is 7.05 Å². The van der Waals surface area contributed by atoms with Gasteiger partial charge in [-0.2, -0.15) is 10.2 Å². The highest BCUT2D eigenvalue weighted by Gasteiger charge is 2.07. The van der Waals surface area contributed by atoms with Crippen molar-refractivity contribution in [3.63, 3.8) is 0 Å². The van der Waals surface area contributed by atoms with E-state index in [0.29, 0.717) is 5.69 Å². The molecule has 0 aliphatic carbocycles. The molecule has 2 aromatic rings. The molecule has 6 heteroatoms. The minimum Gasteiger partial charge on any atom is -0.378 e. The lowest BCUT2D eigenvalue weighted by Gasteiger charge is -2.11. The smallest absolute Gasteiger partial charge is 0.289 e. The lowest BCUT2D eigenvalue weighted by Crippen LogP contribution is -2.20. The maximum absolute atomic E-state index is 11.8. The Balaban J connectivity index is 1.96. The Labute approximate surface area is 117 Å². The van der Waals surface area contributed by atoms with Crippen molar-refractivity contribution < 1.29 is 4.79 Å². The maximum Gasteiger partial charge on any atom is 0.289 e. The number of hydrazone groups is 1. The number of anilines is 1. The molecule has 1 aromatic carbocycles. The molecule has 0 spiro atoms. The van der Waals surface area contributed by atoms with Crippen LogP contribution in [0.5, 0.6) is 0 Å². The van der Waals surface area contributed by atoms with E-state index in [1.807, 2.05) is 43.3 Å². The third-order valence-corrected chi connectivity index (χ3v) is 2.84. The molecule has 1 heterocycles. The summed E-state index contributed by atoms with van der Waals surface area (Å²) in [6.07, 6.45) is 3.17. The molecule has 0 radical (unpaired) electrons. The Kier molecular flexibility index (Phi) is 4.14. The number of carbonyl (C=O) groups is 1. The summed E-state index contributed by atoms with van der Waals surface area (Å²) in [5.74, 6) is -0.286. The summed E-state index contributed by atoms with van der Waals surface area (Å²) in [4.78, 5) is 13.8. The van der Waals surface area contributed by atoms with Crippen LogP contribution in [0.3, 0.4) is 0 Å². The molecule has 0 bridgehead atoms. The van der Waals surface area contributed by atoms with Crippen molar-refractivity contribution in [1.29, 1.82) is 0 Å². The molecular weight excluding hydrogens is 254 g/mol. The summed E-state index contributed by atoms with van der Waals surface area (Å²) >= 11 is 0. The summed E-state index contributed by atoms with van der Waals surface area (Å²) in [6, 6.07) is 9.50. The fourth-order valence-electron chi connectivity index (χ4n) is 1.68. The van der Waals surface area contributed by atoms with Gasteiger partial charge in [-0.25, -0.2) is 5.43 Å². The zero-order valence-electron chi connectivity index (χ0n) is 11.7. The topological polar surface area (TPSA) is 62.5 Å². The largest absolute Gasteiger partial charge is 0.378 e. The van der Waals surface area contributed by atoms with Crippen LogP contribution in [0, 0.1) is 0 Å². The molecule has 1 aromatic heterocycles. The molecule has 20 heavy (non-hydrogen) atoms. The molecule has 0 atom stereocenters. The first-order valence-electron chi connectivity index (χ1n) is 6.17. The van der Waals surface area contributed by atoms with Crippen LogP contribution in [0.4, 0.5) is 5.69 Å². The highest BCUT2D eigenvalue weighted by Crippen LogP contribution is 2.10. The van der Waals surface area contributed by atoms with E-state index in [0.717, 1.165) is 11.3 Å². The second kappa shape index (κ2) is 6.01. The van der Waals surface area contributed by atoms with E-state index in [4.69, 9.17) is 0 Å². The molecule has 0 saturated heterocycles. The van der Waals surface area contributed by atoms with Crippen LogP contribution < -0.4 is 10.3 Å².